The van der Waals surface area contributed by atoms with Crippen molar-refractivity contribution in [2.75, 3.05) is 24.2 Å². The van der Waals surface area contributed by atoms with Crippen molar-refractivity contribution in [1.82, 2.24) is 4.98 Å². The molecule has 0 aliphatic rings. The van der Waals surface area contributed by atoms with Crippen molar-refractivity contribution in [2.24, 2.45) is 0 Å². The predicted molar refractivity (Wildman–Crippen MR) is 102 cm³/mol. The molecular weight excluding hydrogens is 298 g/mol. The first-order valence-corrected chi connectivity index (χ1v) is 8.88. The summed E-state index contributed by atoms with van der Waals surface area (Å²) in [5.74, 6) is 2.12. The van der Waals surface area contributed by atoms with E-state index in [4.69, 9.17) is 10.5 Å². The highest BCUT2D eigenvalue weighted by Gasteiger charge is 2.08. The minimum atomic E-state index is 0.561. The zero-order chi connectivity index (χ0) is 17.2. The second-order valence-corrected chi connectivity index (χ2v) is 6.11. The molecule has 3 N–H and O–H groups in total. The molecule has 0 amide bonds. The van der Waals surface area contributed by atoms with E-state index in [9.17, 15) is 0 Å². The van der Waals surface area contributed by atoms with Crippen LogP contribution in [0.5, 0.6) is 5.75 Å². The van der Waals surface area contributed by atoms with Gasteiger partial charge in [-0.15, -0.1) is 0 Å². The van der Waals surface area contributed by atoms with Gasteiger partial charge >= 0.3 is 0 Å². The number of benzene rings is 1. The first-order chi connectivity index (χ1) is 11.7. The van der Waals surface area contributed by atoms with Gasteiger partial charge in [-0.2, -0.15) is 0 Å². The average molecular weight is 327 g/mol. The lowest BCUT2D eigenvalue weighted by molar-refractivity contribution is 0.307. The second-order valence-electron chi connectivity index (χ2n) is 6.11. The minimum absolute atomic E-state index is 0.561. The molecule has 0 aliphatic heterocycles. The normalized spacial score (nSPS) is 10.6. The van der Waals surface area contributed by atoms with Crippen LogP contribution in [-0.4, -0.2) is 18.1 Å². The summed E-state index contributed by atoms with van der Waals surface area (Å²) in [5.41, 5.74) is 8.26. The molecule has 130 valence electrons. The summed E-state index contributed by atoms with van der Waals surface area (Å²) in [6.45, 7) is 5.71. The van der Waals surface area contributed by atoms with Gasteiger partial charge in [0.05, 0.1) is 6.61 Å². The number of nitrogens with zero attached hydrogens (tertiary/aromatic N) is 1. The largest absolute Gasteiger partial charge is 0.490 e. The molecule has 4 heteroatoms. The summed E-state index contributed by atoms with van der Waals surface area (Å²) in [4.78, 5) is 4.43. The molecular formula is C20H29N3O. The topological polar surface area (TPSA) is 60.2 Å². The van der Waals surface area contributed by atoms with Crippen LogP contribution in [0, 0.1) is 6.92 Å². The number of rotatable bonds is 10. The lowest BCUT2D eigenvalue weighted by Crippen LogP contribution is -2.09. The van der Waals surface area contributed by atoms with Gasteiger partial charge in [0.25, 0.3) is 0 Å². The van der Waals surface area contributed by atoms with Crippen molar-refractivity contribution in [2.45, 2.75) is 46.0 Å². The molecule has 2 aromatic rings. The molecule has 0 unspecified atom stereocenters. The third-order valence-corrected chi connectivity index (χ3v) is 4.00. The Morgan fingerprint density at radius 2 is 1.92 bits per heavy atom. The number of aromatic nitrogens is 1. The molecule has 1 heterocycles. The van der Waals surface area contributed by atoms with E-state index in [-0.39, 0.29) is 0 Å². The van der Waals surface area contributed by atoms with Crippen LogP contribution in [0.2, 0.25) is 0 Å². The van der Waals surface area contributed by atoms with Crippen LogP contribution in [0.3, 0.4) is 0 Å². The van der Waals surface area contributed by atoms with Crippen LogP contribution in [0.25, 0.3) is 0 Å². The van der Waals surface area contributed by atoms with Crippen molar-refractivity contribution in [1.29, 1.82) is 0 Å². The number of nitrogens with one attached hydrogen (secondary N) is 1. The van der Waals surface area contributed by atoms with E-state index in [1.165, 1.54) is 5.56 Å². The Morgan fingerprint density at radius 3 is 2.67 bits per heavy atom. The predicted octanol–water partition coefficient (Wildman–Crippen LogP) is 4.59. The van der Waals surface area contributed by atoms with Crippen LogP contribution < -0.4 is 15.8 Å². The molecule has 24 heavy (non-hydrogen) atoms. The van der Waals surface area contributed by atoms with Gasteiger partial charge < -0.3 is 15.8 Å². The molecule has 0 saturated heterocycles. The monoisotopic (exact) mass is 327 g/mol. The van der Waals surface area contributed by atoms with Crippen molar-refractivity contribution in [3.63, 3.8) is 0 Å². The van der Waals surface area contributed by atoms with Crippen LogP contribution in [0.1, 0.15) is 43.7 Å². The Balaban J connectivity index is 1.82. The maximum atomic E-state index is 5.96. The number of hydrogen-bond donors (Lipinski definition) is 2. The Labute approximate surface area is 145 Å². The van der Waals surface area contributed by atoms with Crippen LogP contribution in [-0.2, 0) is 6.42 Å². The molecule has 0 bridgehead atoms. The van der Waals surface area contributed by atoms with Crippen molar-refractivity contribution >= 4 is 11.6 Å². The van der Waals surface area contributed by atoms with Crippen molar-refractivity contribution in [3.05, 3.63) is 47.5 Å². The van der Waals surface area contributed by atoms with Gasteiger partial charge in [-0.1, -0.05) is 43.7 Å². The lowest BCUT2D eigenvalue weighted by atomic mass is 10.1. The van der Waals surface area contributed by atoms with Crippen LogP contribution >= 0.6 is 0 Å². The highest BCUT2D eigenvalue weighted by molar-refractivity contribution is 5.57. The number of nitrogens with two attached hydrogens (primary N) is 1. The summed E-state index contributed by atoms with van der Waals surface area (Å²) in [5, 5.41) is 3.33. The number of aryl methyl sites for hydroxylation is 2. The van der Waals surface area contributed by atoms with Gasteiger partial charge in [0.2, 0.25) is 0 Å². The fourth-order valence-corrected chi connectivity index (χ4v) is 2.48. The van der Waals surface area contributed by atoms with Gasteiger partial charge in [0.15, 0.2) is 11.6 Å². The highest BCUT2D eigenvalue weighted by atomic mass is 16.5. The Kier molecular flexibility index (Phi) is 7.40. The van der Waals surface area contributed by atoms with Gasteiger partial charge in [0.1, 0.15) is 5.82 Å². The summed E-state index contributed by atoms with van der Waals surface area (Å²) in [6.07, 6.45) is 5.47. The fraction of sp³-hybridized carbons (Fsp3) is 0.450. The molecule has 0 atom stereocenters. The standard InChI is InChI=1S/C20H29N3O/c1-3-4-13-22-20-18(15-16(2)19(21)23-20)24-14-9-8-12-17-10-6-5-7-11-17/h5-7,10-11,15H,3-4,8-9,12-14H2,1-2H3,(H3,21,22,23). The molecule has 4 nitrogen and oxygen atoms in total. The smallest absolute Gasteiger partial charge is 0.170 e. The number of nitrogen functional groups attached to an aromatic ring is 1. The molecule has 1 aromatic heterocycles. The van der Waals surface area contributed by atoms with E-state index in [0.29, 0.717) is 12.4 Å². The molecule has 0 fully saturated rings. The number of pyridine rings is 1. The third-order valence-electron chi connectivity index (χ3n) is 4.00. The Bertz CT molecular complexity index is 614. The van der Waals surface area contributed by atoms with Crippen LogP contribution in [0.15, 0.2) is 36.4 Å². The number of unbranched alkanes of at least 4 members (excludes halogenated alkanes) is 2. The van der Waals surface area contributed by atoms with Crippen LogP contribution in [0.4, 0.5) is 11.6 Å². The van der Waals surface area contributed by atoms with Crippen molar-refractivity contribution in [3.8, 4) is 5.75 Å². The quantitative estimate of drug-likeness (QED) is 0.627. The molecule has 0 radical (unpaired) electrons. The summed E-state index contributed by atoms with van der Waals surface area (Å²) in [6, 6.07) is 12.5. The van der Waals surface area contributed by atoms with Crippen molar-refractivity contribution < 1.29 is 4.74 Å². The zero-order valence-corrected chi connectivity index (χ0v) is 14.8. The molecule has 0 aliphatic carbocycles. The fourth-order valence-electron chi connectivity index (χ4n) is 2.48. The third kappa shape index (κ3) is 5.76. The number of hydrogen-bond acceptors (Lipinski definition) is 4. The average Bonchev–Trinajstić information content (AvgIpc) is 2.59. The summed E-state index contributed by atoms with van der Waals surface area (Å²) in [7, 11) is 0. The van der Waals surface area contributed by atoms with E-state index in [2.05, 4.69) is 47.6 Å². The highest BCUT2D eigenvalue weighted by Crippen LogP contribution is 2.26. The van der Waals surface area contributed by atoms with Gasteiger partial charge in [-0.25, -0.2) is 4.98 Å². The van der Waals surface area contributed by atoms with E-state index in [0.717, 1.165) is 55.8 Å². The number of anilines is 2. The zero-order valence-electron chi connectivity index (χ0n) is 14.8. The molecule has 2 rings (SSSR count). The first kappa shape index (κ1) is 18.1. The summed E-state index contributed by atoms with van der Waals surface area (Å²) >= 11 is 0. The summed E-state index contributed by atoms with van der Waals surface area (Å²) < 4.78 is 5.96. The van der Waals surface area contributed by atoms with E-state index in [1.54, 1.807) is 0 Å². The Hall–Kier alpha value is -2.23. The second kappa shape index (κ2) is 9.81. The molecule has 0 spiro atoms. The van der Waals surface area contributed by atoms with Gasteiger partial charge in [-0.05, 0) is 49.8 Å². The van der Waals surface area contributed by atoms with E-state index in [1.807, 2.05) is 13.0 Å². The maximum absolute atomic E-state index is 5.96. The van der Waals surface area contributed by atoms with E-state index < -0.39 is 0 Å². The minimum Gasteiger partial charge on any atom is -0.490 e. The SMILES string of the molecule is CCCCNc1nc(N)c(C)cc1OCCCCc1ccccc1. The van der Waals surface area contributed by atoms with E-state index >= 15 is 0 Å². The van der Waals surface area contributed by atoms with Gasteiger partial charge in [0, 0.05) is 6.54 Å². The maximum Gasteiger partial charge on any atom is 0.170 e. The first-order valence-electron chi connectivity index (χ1n) is 8.88. The lowest BCUT2D eigenvalue weighted by Gasteiger charge is -2.14. The number of ether oxygens (including phenoxy) is 1. The Morgan fingerprint density at radius 1 is 1.12 bits per heavy atom. The molecule has 0 saturated carbocycles. The van der Waals surface area contributed by atoms with Gasteiger partial charge in [-0.3, -0.25) is 0 Å². The molecule has 1 aromatic carbocycles.